The molecule has 1 aliphatic rings. The minimum absolute atomic E-state index is 0.0133. The summed E-state index contributed by atoms with van der Waals surface area (Å²) in [6.07, 6.45) is -1.84. The molecule has 7 N–H and O–H groups in total. The predicted octanol–water partition coefficient (Wildman–Crippen LogP) is 1.27. The van der Waals surface area contributed by atoms with Gasteiger partial charge in [-0.3, -0.25) is 15.0 Å². The Morgan fingerprint density at radius 3 is 2.02 bits per heavy atom. The number of carbonyl (C=O) groups excluding carboxylic acids is 2. The molecule has 6 rings (SSSR count). The van der Waals surface area contributed by atoms with Crippen molar-refractivity contribution in [1.29, 1.82) is 5.41 Å². The zero-order valence-corrected chi connectivity index (χ0v) is 30.2. The van der Waals surface area contributed by atoms with Crippen molar-refractivity contribution in [1.82, 2.24) is 45.3 Å². The van der Waals surface area contributed by atoms with Crippen LogP contribution in [0.25, 0.3) is 0 Å². The summed E-state index contributed by atoms with van der Waals surface area (Å²) < 4.78 is 64.2. The molecule has 5 aromatic rings. The Morgan fingerprint density at radius 2 is 1.46 bits per heavy atom. The first-order chi connectivity index (χ1) is 26.5. The standard InChI is InChI=1S/C33H35N11O4S.C2HF3O2/c34-31(35)26-11-9-22(10-12-26)16-36-32(45)29-14-27-19-43(41-38-27)17-24-7-4-8-25(13-24)18-44-20-28(39-42-44)15-30(33(46)37-29)40-49(47,48)21-23-5-2-1-3-6-23;3-2(4,5)1(6)7/h1-13,19-20,29-30,40H,14-18,21H2,(H3,34,35)(H,36,45)(H,37,46);(H,6,7)/t29-,30+;/m0./s1. The number of hydrogen-bond acceptors (Lipinski definition) is 10. The van der Waals surface area contributed by atoms with E-state index >= 15 is 0 Å². The highest BCUT2D eigenvalue weighted by atomic mass is 32.2. The fourth-order valence-corrected chi connectivity index (χ4v) is 6.81. The molecule has 2 amide bonds. The maximum atomic E-state index is 13.9. The Bertz CT molecular complexity index is 2280. The van der Waals surface area contributed by atoms with Gasteiger partial charge in [-0.2, -0.15) is 13.2 Å². The van der Waals surface area contributed by atoms with Gasteiger partial charge in [0, 0.05) is 37.3 Å². The smallest absolute Gasteiger partial charge is 0.475 e. The first-order valence-electron chi connectivity index (χ1n) is 16.7. The second-order valence-corrected chi connectivity index (χ2v) is 14.4. The Morgan fingerprint density at radius 1 is 0.893 bits per heavy atom. The molecule has 1 aliphatic heterocycles. The van der Waals surface area contributed by atoms with E-state index in [4.69, 9.17) is 21.0 Å². The molecule has 21 heteroatoms. The predicted molar refractivity (Wildman–Crippen MR) is 193 cm³/mol. The van der Waals surface area contributed by atoms with E-state index in [1.165, 1.54) is 0 Å². The van der Waals surface area contributed by atoms with Gasteiger partial charge in [0.1, 0.15) is 17.9 Å². The van der Waals surface area contributed by atoms with Gasteiger partial charge in [0.05, 0.1) is 30.2 Å². The molecule has 0 fully saturated rings. The largest absolute Gasteiger partial charge is 0.490 e. The van der Waals surface area contributed by atoms with Gasteiger partial charge in [-0.1, -0.05) is 89.3 Å². The van der Waals surface area contributed by atoms with E-state index in [0.717, 1.165) is 16.7 Å². The number of alkyl halides is 3. The number of benzene rings is 3. The summed E-state index contributed by atoms with van der Waals surface area (Å²) in [6.45, 7) is 0.955. The molecule has 0 radical (unpaired) electrons. The highest BCUT2D eigenvalue weighted by Crippen LogP contribution is 2.14. The van der Waals surface area contributed by atoms with Crippen LogP contribution >= 0.6 is 0 Å². The van der Waals surface area contributed by atoms with E-state index in [1.807, 2.05) is 24.3 Å². The molecule has 2 aromatic heterocycles. The van der Waals surface area contributed by atoms with Gasteiger partial charge in [-0.05, 0) is 22.3 Å². The van der Waals surface area contributed by atoms with Crippen molar-refractivity contribution in [3.63, 3.8) is 0 Å². The van der Waals surface area contributed by atoms with E-state index in [1.54, 1.807) is 76.4 Å². The number of hydrogen-bond donors (Lipinski definition) is 6. The number of sulfonamides is 1. The van der Waals surface area contributed by atoms with Crippen molar-refractivity contribution in [2.24, 2.45) is 5.73 Å². The normalized spacial score (nSPS) is 16.0. The van der Waals surface area contributed by atoms with Crippen LogP contribution in [0.2, 0.25) is 0 Å². The SMILES string of the molecule is N=C(N)c1ccc(CNC(=O)[C@@H]2Cc3cn(nn3)Cc3cccc(c3)Cn3cc(nn3)C[C@@H](NS(=O)(=O)Cc3ccccc3)C(=O)N2)cc1.O=C(O)C(F)(F)F. The third-order valence-electron chi connectivity index (χ3n) is 8.12. The number of aliphatic carboxylic acids is 1. The van der Waals surface area contributed by atoms with Gasteiger partial charge in [-0.25, -0.2) is 27.3 Å². The van der Waals surface area contributed by atoms with Gasteiger partial charge in [0.2, 0.25) is 21.8 Å². The van der Waals surface area contributed by atoms with Crippen LogP contribution in [0.15, 0.2) is 91.3 Å². The fraction of sp³-hybridized carbons (Fsp3) is 0.257. The number of halogens is 3. The Hall–Kier alpha value is -6.48. The molecule has 0 saturated carbocycles. The lowest BCUT2D eigenvalue weighted by Gasteiger charge is -2.22. The molecule has 3 heterocycles. The monoisotopic (exact) mass is 795 g/mol. The average Bonchev–Trinajstić information content (AvgIpc) is 3.78. The summed E-state index contributed by atoms with van der Waals surface area (Å²) in [4.78, 5) is 36.5. The molecule has 294 valence electrons. The number of nitrogens with one attached hydrogen (secondary N) is 4. The third-order valence-corrected chi connectivity index (χ3v) is 9.48. The number of fused-ring (bicyclic) bond motifs is 6. The molecular formula is C35H36F3N11O6S. The zero-order chi connectivity index (χ0) is 40.5. The number of nitrogens with zero attached hydrogens (tertiary/aromatic N) is 6. The topological polar surface area (TPSA) is 253 Å². The van der Waals surface area contributed by atoms with E-state index in [0.29, 0.717) is 35.6 Å². The lowest BCUT2D eigenvalue weighted by atomic mass is 10.1. The van der Waals surface area contributed by atoms with Crippen molar-refractivity contribution in [2.75, 3.05) is 0 Å². The Labute approximate surface area is 317 Å². The van der Waals surface area contributed by atoms with Crippen LogP contribution in [-0.2, 0) is 62.6 Å². The number of nitrogen functional groups attached to an aromatic ring is 1. The molecule has 56 heavy (non-hydrogen) atoms. The summed E-state index contributed by atoms with van der Waals surface area (Å²) in [5, 5.41) is 37.2. The van der Waals surface area contributed by atoms with E-state index in [2.05, 4.69) is 36.0 Å². The lowest BCUT2D eigenvalue weighted by Crippen LogP contribution is -2.55. The summed E-state index contributed by atoms with van der Waals surface area (Å²) in [7, 11) is -4.02. The lowest BCUT2D eigenvalue weighted by molar-refractivity contribution is -0.192. The second kappa shape index (κ2) is 17.8. The van der Waals surface area contributed by atoms with Gasteiger partial charge >= 0.3 is 12.1 Å². The molecule has 6 bridgehead atoms. The number of aromatic nitrogens is 6. The first kappa shape index (κ1) is 40.7. The maximum Gasteiger partial charge on any atom is 0.490 e. The number of rotatable bonds is 8. The van der Waals surface area contributed by atoms with Crippen LogP contribution < -0.4 is 21.1 Å². The molecular weight excluding hydrogens is 760 g/mol. The van der Waals surface area contributed by atoms with E-state index in [-0.39, 0.29) is 31.0 Å². The van der Waals surface area contributed by atoms with Crippen molar-refractivity contribution in [3.8, 4) is 0 Å². The van der Waals surface area contributed by atoms with Crippen LogP contribution in [0.1, 0.15) is 39.2 Å². The van der Waals surface area contributed by atoms with Crippen LogP contribution in [0, 0.1) is 5.41 Å². The molecule has 3 aromatic carbocycles. The number of amidine groups is 1. The molecule has 0 saturated heterocycles. The summed E-state index contributed by atoms with van der Waals surface area (Å²) in [5.41, 5.74) is 10.2. The third kappa shape index (κ3) is 12.0. The van der Waals surface area contributed by atoms with Crippen molar-refractivity contribution in [2.45, 2.75) is 56.5 Å². The summed E-state index contributed by atoms with van der Waals surface area (Å²) in [5.74, 6) is -4.41. The summed E-state index contributed by atoms with van der Waals surface area (Å²) in [6, 6.07) is 20.9. The van der Waals surface area contributed by atoms with E-state index < -0.39 is 46.1 Å². The number of carboxylic acids is 1. The Balaban J connectivity index is 0.000000784. The van der Waals surface area contributed by atoms with Gasteiger partial charge < -0.3 is 21.5 Å². The Kier molecular flexibility index (Phi) is 12.9. The van der Waals surface area contributed by atoms with Gasteiger partial charge in [0.25, 0.3) is 0 Å². The highest BCUT2D eigenvalue weighted by Gasteiger charge is 2.38. The molecule has 0 unspecified atom stereocenters. The minimum Gasteiger partial charge on any atom is -0.475 e. The fourth-order valence-electron chi connectivity index (χ4n) is 5.47. The van der Waals surface area contributed by atoms with Crippen molar-refractivity contribution < 1.29 is 41.1 Å². The second-order valence-electron chi connectivity index (χ2n) is 12.7. The maximum absolute atomic E-state index is 13.9. The molecule has 0 aliphatic carbocycles. The van der Waals surface area contributed by atoms with Gasteiger partial charge in [0.15, 0.2) is 0 Å². The van der Waals surface area contributed by atoms with Crippen LogP contribution in [0.3, 0.4) is 0 Å². The highest BCUT2D eigenvalue weighted by molar-refractivity contribution is 7.88. The molecule has 17 nitrogen and oxygen atoms in total. The quantitative estimate of drug-likeness (QED) is 0.0964. The molecule has 2 atom stereocenters. The van der Waals surface area contributed by atoms with Crippen molar-refractivity contribution in [3.05, 3.63) is 130 Å². The van der Waals surface area contributed by atoms with Crippen LogP contribution in [0.5, 0.6) is 0 Å². The van der Waals surface area contributed by atoms with Crippen LogP contribution in [0.4, 0.5) is 13.2 Å². The van der Waals surface area contributed by atoms with Crippen molar-refractivity contribution >= 4 is 33.6 Å². The number of carbonyl (C=O) groups is 3. The number of nitrogens with two attached hydrogens (primary N) is 1. The van der Waals surface area contributed by atoms with Crippen LogP contribution in [-0.4, -0.2) is 85.4 Å². The van der Waals surface area contributed by atoms with Gasteiger partial charge in [-0.15, -0.1) is 10.2 Å². The minimum atomic E-state index is -5.08. The average molecular weight is 796 g/mol. The molecule has 0 spiro atoms. The van der Waals surface area contributed by atoms with E-state index in [9.17, 15) is 31.2 Å². The number of carboxylic acid groups (broad SMARTS) is 1. The number of amides is 2. The first-order valence-corrected chi connectivity index (χ1v) is 18.4. The summed E-state index contributed by atoms with van der Waals surface area (Å²) >= 11 is 0. The zero-order valence-electron chi connectivity index (χ0n) is 29.3.